The maximum Gasteiger partial charge on any atom is 0.328 e. The van der Waals surface area contributed by atoms with Gasteiger partial charge in [-0.25, -0.2) is 4.79 Å². The van der Waals surface area contributed by atoms with Gasteiger partial charge in [-0.15, -0.1) is 0 Å². The van der Waals surface area contributed by atoms with E-state index in [0.717, 1.165) is 22.4 Å². The number of hydrogen-bond donors (Lipinski definition) is 1. The molecule has 3 aromatic carbocycles. The van der Waals surface area contributed by atoms with Gasteiger partial charge < -0.3 is 14.6 Å². The summed E-state index contributed by atoms with van der Waals surface area (Å²) in [5.74, 6) is 0.0750. The largest absolute Gasteiger partial charge is 0.493 e. The molecule has 0 unspecified atom stereocenters. The van der Waals surface area contributed by atoms with Gasteiger partial charge in [-0.3, -0.25) is 0 Å². The third-order valence-corrected chi connectivity index (χ3v) is 3.89. The van der Waals surface area contributed by atoms with Gasteiger partial charge in [-0.1, -0.05) is 54.6 Å². The summed E-state index contributed by atoms with van der Waals surface area (Å²) in [6, 6.07) is 19.6. The van der Waals surface area contributed by atoms with Crippen molar-refractivity contribution in [2.75, 3.05) is 7.11 Å². The number of hydrogen-bond acceptors (Lipinski definition) is 3. The number of carbonyl (C=O) groups is 1. The Hall–Kier alpha value is -3.27. The lowest BCUT2D eigenvalue weighted by atomic mass is 10.1. The van der Waals surface area contributed by atoms with Crippen LogP contribution in [0.15, 0.2) is 66.7 Å². The molecule has 0 fully saturated rings. The topological polar surface area (TPSA) is 55.8 Å². The predicted molar refractivity (Wildman–Crippen MR) is 97.9 cm³/mol. The number of methoxy groups -OCH3 is 1. The van der Waals surface area contributed by atoms with Gasteiger partial charge in [0.15, 0.2) is 11.5 Å². The zero-order valence-corrected chi connectivity index (χ0v) is 13.8. The molecule has 3 rings (SSSR count). The van der Waals surface area contributed by atoms with Gasteiger partial charge >= 0.3 is 5.97 Å². The molecule has 4 heteroatoms. The Labute approximate surface area is 145 Å². The van der Waals surface area contributed by atoms with E-state index in [9.17, 15) is 4.79 Å². The molecule has 0 aliphatic heterocycles. The van der Waals surface area contributed by atoms with Crippen LogP contribution < -0.4 is 9.47 Å². The first-order valence-corrected chi connectivity index (χ1v) is 7.86. The first-order chi connectivity index (χ1) is 12.2. The number of carboxylic acid groups (broad SMARTS) is 1. The van der Waals surface area contributed by atoms with E-state index in [1.807, 2.05) is 24.3 Å². The number of benzene rings is 3. The number of ether oxygens (including phenoxy) is 2. The standard InChI is InChI=1S/C21H18O4/c1-24-19-11-5-8-16(12-13-20(22)23)21(19)25-14-17-9-4-7-15-6-2-3-10-18(15)17/h2-13H,14H2,1H3,(H,22,23). The molecule has 4 nitrogen and oxygen atoms in total. The SMILES string of the molecule is COc1cccc(C=CC(=O)O)c1OCc1cccc2ccccc12. The molecule has 0 aromatic heterocycles. The van der Waals surface area contributed by atoms with E-state index in [1.165, 1.54) is 6.08 Å². The van der Waals surface area contributed by atoms with Gasteiger partial charge in [-0.05, 0) is 28.5 Å². The molecule has 0 amide bonds. The second-order valence-electron chi connectivity index (χ2n) is 5.48. The first kappa shape index (κ1) is 16.6. The Balaban J connectivity index is 1.93. The second-order valence-corrected chi connectivity index (χ2v) is 5.48. The van der Waals surface area contributed by atoms with Crippen molar-refractivity contribution in [3.05, 3.63) is 77.9 Å². The fourth-order valence-electron chi connectivity index (χ4n) is 2.71. The molecule has 126 valence electrons. The summed E-state index contributed by atoms with van der Waals surface area (Å²) >= 11 is 0. The van der Waals surface area contributed by atoms with Crippen LogP contribution in [0.1, 0.15) is 11.1 Å². The second kappa shape index (κ2) is 7.53. The maximum atomic E-state index is 10.8. The summed E-state index contributed by atoms with van der Waals surface area (Å²) in [4.78, 5) is 10.8. The minimum Gasteiger partial charge on any atom is -0.493 e. The minimum absolute atomic E-state index is 0.357. The van der Waals surface area contributed by atoms with E-state index in [-0.39, 0.29) is 0 Å². The van der Waals surface area contributed by atoms with Gasteiger partial charge in [0.05, 0.1) is 7.11 Å². The number of aliphatic carboxylic acids is 1. The lowest BCUT2D eigenvalue weighted by molar-refractivity contribution is -0.131. The summed E-state index contributed by atoms with van der Waals surface area (Å²) in [7, 11) is 1.56. The van der Waals surface area contributed by atoms with Crippen molar-refractivity contribution in [3.63, 3.8) is 0 Å². The van der Waals surface area contributed by atoms with Crippen LogP contribution in [0.4, 0.5) is 0 Å². The van der Waals surface area contributed by atoms with Crippen molar-refractivity contribution in [1.82, 2.24) is 0 Å². The van der Waals surface area contributed by atoms with Crippen molar-refractivity contribution in [3.8, 4) is 11.5 Å². The van der Waals surface area contributed by atoms with E-state index in [2.05, 4.69) is 18.2 Å². The average Bonchev–Trinajstić information content (AvgIpc) is 2.64. The molecule has 0 radical (unpaired) electrons. The highest BCUT2D eigenvalue weighted by Crippen LogP contribution is 2.33. The van der Waals surface area contributed by atoms with Crippen LogP contribution in [0, 0.1) is 0 Å². The normalized spacial score (nSPS) is 10.9. The van der Waals surface area contributed by atoms with Crippen molar-refractivity contribution in [2.45, 2.75) is 6.61 Å². The average molecular weight is 334 g/mol. The summed E-state index contributed by atoms with van der Waals surface area (Å²) in [5, 5.41) is 11.1. The van der Waals surface area contributed by atoms with Crippen LogP contribution in [0.2, 0.25) is 0 Å². The Bertz CT molecular complexity index is 923. The van der Waals surface area contributed by atoms with E-state index in [0.29, 0.717) is 23.7 Å². The fourth-order valence-corrected chi connectivity index (χ4v) is 2.71. The summed E-state index contributed by atoms with van der Waals surface area (Å²) in [6.45, 7) is 0.357. The van der Waals surface area contributed by atoms with Crippen molar-refractivity contribution in [1.29, 1.82) is 0 Å². The number of fused-ring (bicyclic) bond motifs is 1. The highest BCUT2D eigenvalue weighted by Gasteiger charge is 2.10. The van der Waals surface area contributed by atoms with Crippen LogP contribution in [-0.2, 0) is 11.4 Å². The third-order valence-electron chi connectivity index (χ3n) is 3.89. The Morgan fingerprint density at radius 1 is 1.04 bits per heavy atom. The fraction of sp³-hybridized carbons (Fsp3) is 0.0952. The molecule has 0 aliphatic carbocycles. The molecule has 0 aliphatic rings. The van der Waals surface area contributed by atoms with Gasteiger partial charge in [0.1, 0.15) is 6.61 Å². The van der Waals surface area contributed by atoms with Gasteiger partial charge in [0.25, 0.3) is 0 Å². The quantitative estimate of drug-likeness (QED) is 0.673. The molecule has 3 aromatic rings. The highest BCUT2D eigenvalue weighted by atomic mass is 16.5. The van der Waals surface area contributed by atoms with E-state index in [4.69, 9.17) is 14.6 Å². The van der Waals surface area contributed by atoms with Gasteiger partial charge in [0.2, 0.25) is 0 Å². The Kier molecular flexibility index (Phi) is 5.00. The Morgan fingerprint density at radius 2 is 1.80 bits per heavy atom. The smallest absolute Gasteiger partial charge is 0.328 e. The molecule has 1 N–H and O–H groups in total. The highest BCUT2D eigenvalue weighted by molar-refractivity contribution is 5.86. The molecule has 0 saturated heterocycles. The molecule has 25 heavy (non-hydrogen) atoms. The summed E-state index contributed by atoms with van der Waals surface area (Å²) < 4.78 is 11.4. The summed E-state index contributed by atoms with van der Waals surface area (Å²) in [5.41, 5.74) is 1.71. The molecule has 0 heterocycles. The molecule has 0 spiro atoms. The molecule has 0 saturated carbocycles. The van der Waals surface area contributed by atoms with Gasteiger partial charge in [-0.2, -0.15) is 0 Å². The van der Waals surface area contributed by atoms with Crippen molar-refractivity contribution < 1.29 is 19.4 Å². The number of para-hydroxylation sites is 1. The molecular formula is C21H18O4. The van der Waals surface area contributed by atoms with Crippen LogP contribution in [0.5, 0.6) is 11.5 Å². The molecule has 0 bridgehead atoms. The third kappa shape index (κ3) is 3.80. The summed E-state index contributed by atoms with van der Waals surface area (Å²) in [6.07, 6.45) is 2.59. The molecular weight excluding hydrogens is 316 g/mol. The Morgan fingerprint density at radius 3 is 2.60 bits per heavy atom. The lowest BCUT2D eigenvalue weighted by Crippen LogP contribution is -2.00. The van der Waals surface area contributed by atoms with Crippen LogP contribution in [0.25, 0.3) is 16.8 Å². The van der Waals surface area contributed by atoms with Crippen LogP contribution in [-0.4, -0.2) is 18.2 Å². The van der Waals surface area contributed by atoms with E-state index < -0.39 is 5.97 Å². The first-order valence-electron chi connectivity index (χ1n) is 7.86. The molecule has 0 atom stereocenters. The van der Waals surface area contributed by atoms with Gasteiger partial charge in [0, 0.05) is 11.6 Å². The minimum atomic E-state index is -1.01. The number of rotatable bonds is 6. The zero-order chi connectivity index (χ0) is 17.6. The number of carboxylic acids is 1. The zero-order valence-electron chi connectivity index (χ0n) is 13.8. The van der Waals surface area contributed by atoms with Crippen molar-refractivity contribution in [2.24, 2.45) is 0 Å². The van der Waals surface area contributed by atoms with E-state index >= 15 is 0 Å². The van der Waals surface area contributed by atoms with Crippen LogP contribution in [0.3, 0.4) is 0 Å². The monoisotopic (exact) mass is 334 g/mol. The lowest BCUT2D eigenvalue weighted by Gasteiger charge is -2.14. The predicted octanol–water partition coefficient (Wildman–Crippen LogP) is 4.53. The maximum absolute atomic E-state index is 10.8. The van der Waals surface area contributed by atoms with E-state index in [1.54, 1.807) is 25.3 Å². The van der Waals surface area contributed by atoms with Crippen LogP contribution >= 0.6 is 0 Å². The van der Waals surface area contributed by atoms with Crippen molar-refractivity contribution >= 4 is 22.8 Å².